The first-order valence-electron chi connectivity index (χ1n) is 6.93. The van der Waals surface area contributed by atoms with Crippen molar-refractivity contribution in [3.63, 3.8) is 0 Å². The molecule has 0 unspecified atom stereocenters. The third-order valence-corrected chi connectivity index (χ3v) is 4.45. The van der Waals surface area contributed by atoms with Crippen LogP contribution in [0.5, 0.6) is 0 Å². The van der Waals surface area contributed by atoms with Crippen molar-refractivity contribution in [3.8, 4) is 0 Å². The van der Waals surface area contributed by atoms with Crippen LogP contribution in [-0.2, 0) is 4.79 Å². The van der Waals surface area contributed by atoms with E-state index in [1.807, 2.05) is 24.3 Å². The van der Waals surface area contributed by atoms with Crippen LogP contribution < -0.4 is 5.32 Å². The molecule has 0 aliphatic carbocycles. The van der Waals surface area contributed by atoms with E-state index in [4.69, 9.17) is 23.2 Å². The van der Waals surface area contributed by atoms with Crippen molar-refractivity contribution >= 4 is 58.3 Å². The first-order valence-corrected chi connectivity index (χ1v) is 8.50. The molecule has 1 saturated heterocycles. The van der Waals surface area contributed by atoms with E-state index in [0.29, 0.717) is 20.1 Å². The number of nitrogens with zero attached hydrogens (tertiary/aromatic N) is 2. The second kappa shape index (κ2) is 7.66. The zero-order valence-electron chi connectivity index (χ0n) is 12.2. The number of amidine groups is 1. The molecule has 0 atom stereocenters. The first-order chi connectivity index (χ1) is 11.6. The molecule has 120 valence electrons. The Morgan fingerprint density at radius 2 is 1.50 bits per heavy atom. The third-order valence-electron chi connectivity index (χ3n) is 3.04. The van der Waals surface area contributed by atoms with Crippen LogP contribution in [0.1, 0.15) is 11.1 Å². The van der Waals surface area contributed by atoms with Gasteiger partial charge in [-0.25, -0.2) is 0 Å². The van der Waals surface area contributed by atoms with Crippen molar-refractivity contribution in [1.82, 2.24) is 5.32 Å². The normalized spacial score (nSPS) is 17.8. The van der Waals surface area contributed by atoms with Crippen molar-refractivity contribution in [1.29, 1.82) is 0 Å². The number of hydrogen-bond donors (Lipinski definition) is 1. The maximum Gasteiger partial charge on any atom is 0.264 e. The second-order valence-corrected chi connectivity index (χ2v) is 6.72. The van der Waals surface area contributed by atoms with Gasteiger partial charge >= 0.3 is 0 Å². The summed E-state index contributed by atoms with van der Waals surface area (Å²) in [4.78, 5) is 12.5. The molecule has 1 fully saturated rings. The number of amides is 1. The molecule has 2 aromatic carbocycles. The van der Waals surface area contributed by atoms with Gasteiger partial charge in [0, 0.05) is 10.0 Å². The number of carbonyl (C=O) groups excluding carboxylic acids is 1. The number of halogens is 2. The summed E-state index contributed by atoms with van der Waals surface area (Å²) < 4.78 is 0. The summed E-state index contributed by atoms with van der Waals surface area (Å²) >= 11 is 12.9. The van der Waals surface area contributed by atoms with Crippen molar-refractivity contribution < 1.29 is 4.79 Å². The van der Waals surface area contributed by atoms with E-state index in [1.54, 1.807) is 36.6 Å². The summed E-state index contributed by atoms with van der Waals surface area (Å²) in [5.41, 5.74) is 1.76. The molecule has 0 aromatic heterocycles. The average Bonchev–Trinajstić information content (AvgIpc) is 2.91. The number of rotatable bonds is 3. The van der Waals surface area contributed by atoms with Crippen LogP contribution in [-0.4, -0.2) is 17.3 Å². The fraction of sp³-hybridized carbons (Fsp3) is 0. The fourth-order valence-corrected chi connectivity index (χ4v) is 2.91. The molecule has 0 saturated carbocycles. The summed E-state index contributed by atoms with van der Waals surface area (Å²) in [6.07, 6.45) is 3.37. The Balaban J connectivity index is 1.69. The van der Waals surface area contributed by atoms with E-state index in [0.717, 1.165) is 11.1 Å². The van der Waals surface area contributed by atoms with Gasteiger partial charge < -0.3 is 0 Å². The summed E-state index contributed by atoms with van der Waals surface area (Å²) in [7, 11) is 0. The number of thioether (sulfide) groups is 1. The Hall–Kier alpha value is -2.08. The maximum absolute atomic E-state index is 12.0. The Kier molecular flexibility index (Phi) is 5.35. The van der Waals surface area contributed by atoms with E-state index in [2.05, 4.69) is 15.5 Å². The molecule has 0 spiro atoms. The molecule has 1 aliphatic rings. The molecule has 1 amide bonds. The average molecular weight is 376 g/mol. The van der Waals surface area contributed by atoms with Crippen LogP contribution in [0.15, 0.2) is 63.6 Å². The Labute approximate surface area is 153 Å². The quantitative estimate of drug-likeness (QED) is 0.484. The molecular formula is C17H11Cl2N3OS. The molecule has 3 rings (SSSR count). The standard InChI is InChI=1S/C17H11Cl2N3OS/c18-13-5-1-11(2-6-13)9-15-16(23)21-17(24-15)22-20-10-12-3-7-14(19)8-4-12/h1-10H,(H,21,22,23)/b15-9-,20-10+. The van der Waals surface area contributed by atoms with Gasteiger partial charge in [-0.15, -0.1) is 5.10 Å². The van der Waals surface area contributed by atoms with Gasteiger partial charge in [0.25, 0.3) is 5.91 Å². The lowest BCUT2D eigenvalue weighted by atomic mass is 10.2. The SMILES string of the molecule is O=C1N/C(=N\N=C\c2ccc(Cl)cc2)S/C1=C\c1ccc(Cl)cc1. The highest BCUT2D eigenvalue weighted by Gasteiger charge is 2.23. The smallest absolute Gasteiger partial charge is 0.264 e. The van der Waals surface area contributed by atoms with Gasteiger partial charge in [0.15, 0.2) is 5.17 Å². The van der Waals surface area contributed by atoms with Gasteiger partial charge in [-0.05, 0) is 53.2 Å². The van der Waals surface area contributed by atoms with Crippen molar-refractivity contribution in [2.24, 2.45) is 10.2 Å². The lowest BCUT2D eigenvalue weighted by Gasteiger charge is -1.94. The van der Waals surface area contributed by atoms with Gasteiger partial charge in [-0.1, -0.05) is 47.5 Å². The lowest BCUT2D eigenvalue weighted by molar-refractivity contribution is -0.115. The van der Waals surface area contributed by atoms with Gasteiger partial charge in [0.1, 0.15) is 0 Å². The second-order valence-electron chi connectivity index (χ2n) is 4.82. The first kappa shape index (κ1) is 16.8. The molecular weight excluding hydrogens is 365 g/mol. The predicted molar refractivity (Wildman–Crippen MR) is 102 cm³/mol. The molecule has 2 aromatic rings. The highest BCUT2D eigenvalue weighted by Crippen LogP contribution is 2.26. The molecule has 1 heterocycles. The van der Waals surface area contributed by atoms with E-state index >= 15 is 0 Å². The number of carbonyl (C=O) groups is 1. The maximum atomic E-state index is 12.0. The minimum atomic E-state index is -0.199. The molecule has 0 radical (unpaired) electrons. The Bertz CT molecular complexity index is 843. The van der Waals surface area contributed by atoms with Crippen LogP contribution in [0.25, 0.3) is 6.08 Å². The van der Waals surface area contributed by atoms with E-state index in [-0.39, 0.29) is 5.91 Å². The van der Waals surface area contributed by atoms with Gasteiger partial charge in [0.2, 0.25) is 0 Å². The van der Waals surface area contributed by atoms with Gasteiger partial charge in [-0.2, -0.15) is 5.10 Å². The molecule has 24 heavy (non-hydrogen) atoms. The summed E-state index contributed by atoms with van der Waals surface area (Å²) in [5.74, 6) is -0.199. The van der Waals surface area contributed by atoms with Crippen LogP contribution in [0.3, 0.4) is 0 Å². The molecule has 7 heteroatoms. The van der Waals surface area contributed by atoms with Crippen LogP contribution in [0.2, 0.25) is 10.0 Å². The molecule has 0 bridgehead atoms. The molecule has 4 nitrogen and oxygen atoms in total. The van der Waals surface area contributed by atoms with Crippen LogP contribution >= 0.6 is 35.0 Å². The topological polar surface area (TPSA) is 53.8 Å². The number of nitrogens with one attached hydrogen (secondary N) is 1. The highest BCUT2D eigenvalue weighted by molar-refractivity contribution is 8.18. The fourth-order valence-electron chi connectivity index (χ4n) is 1.88. The van der Waals surface area contributed by atoms with Crippen LogP contribution in [0, 0.1) is 0 Å². The summed E-state index contributed by atoms with van der Waals surface area (Å²) in [6, 6.07) is 14.4. The third kappa shape index (κ3) is 4.47. The highest BCUT2D eigenvalue weighted by atomic mass is 35.5. The van der Waals surface area contributed by atoms with Crippen molar-refractivity contribution in [2.45, 2.75) is 0 Å². The van der Waals surface area contributed by atoms with Gasteiger partial charge in [0.05, 0.1) is 11.1 Å². The van der Waals surface area contributed by atoms with E-state index in [1.165, 1.54) is 11.8 Å². The van der Waals surface area contributed by atoms with Crippen molar-refractivity contribution in [2.75, 3.05) is 0 Å². The zero-order chi connectivity index (χ0) is 16.9. The molecule has 1 N–H and O–H groups in total. The Morgan fingerprint density at radius 1 is 0.917 bits per heavy atom. The van der Waals surface area contributed by atoms with Crippen molar-refractivity contribution in [3.05, 3.63) is 74.6 Å². The minimum absolute atomic E-state index is 0.199. The largest absolute Gasteiger partial charge is 0.299 e. The van der Waals surface area contributed by atoms with Crippen LogP contribution in [0.4, 0.5) is 0 Å². The lowest BCUT2D eigenvalue weighted by Crippen LogP contribution is -2.19. The monoisotopic (exact) mass is 375 g/mol. The van der Waals surface area contributed by atoms with Gasteiger partial charge in [-0.3, -0.25) is 10.1 Å². The minimum Gasteiger partial charge on any atom is -0.299 e. The zero-order valence-corrected chi connectivity index (χ0v) is 14.6. The summed E-state index contributed by atoms with van der Waals surface area (Å²) in [6.45, 7) is 0. The van der Waals surface area contributed by atoms with E-state index in [9.17, 15) is 4.79 Å². The summed E-state index contributed by atoms with van der Waals surface area (Å²) in [5, 5.41) is 12.4. The number of hydrogen-bond acceptors (Lipinski definition) is 4. The molecule has 1 aliphatic heterocycles. The number of benzene rings is 2. The predicted octanol–water partition coefficient (Wildman–Crippen LogP) is 4.59. The van der Waals surface area contributed by atoms with E-state index < -0.39 is 0 Å². The Morgan fingerprint density at radius 3 is 2.12 bits per heavy atom.